The minimum Gasteiger partial charge on any atom is -0.494 e. The standard InChI is InChI=1S/C27H44O/c1-5-7-22-8-10-23(11-9-22)20(3)24-12-14-25(15-13-24)21(4)26-16-18-27(19-17-26)28-6-2/h16-25H,5-15H2,1-4H3. The highest BCUT2D eigenvalue weighted by molar-refractivity contribution is 5.29. The van der Waals surface area contributed by atoms with E-state index in [4.69, 9.17) is 4.74 Å². The lowest BCUT2D eigenvalue weighted by Crippen LogP contribution is -2.29. The molecule has 0 heterocycles. The SMILES string of the molecule is CCCC1CCC(C(C)C2CCC(C(C)c3ccc(OCC)cc3)CC2)CC1. The minimum absolute atomic E-state index is 0.677. The van der Waals surface area contributed by atoms with E-state index in [2.05, 4.69) is 45.0 Å². The van der Waals surface area contributed by atoms with Crippen LogP contribution in [0.25, 0.3) is 0 Å². The molecule has 28 heavy (non-hydrogen) atoms. The molecule has 158 valence electrons. The van der Waals surface area contributed by atoms with Gasteiger partial charge < -0.3 is 4.74 Å². The monoisotopic (exact) mass is 384 g/mol. The largest absolute Gasteiger partial charge is 0.494 e. The van der Waals surface area contributed by atoms with Gasteiger partial charge in [-0.25, -0.2) is 0 Å². The second kappa shape index (κ2) is 10.7. The van der Waals surface area contributed by atoms with Crippen molar-refractivity contribution in [3.8, 4) is 5.75 Å². The summed E-state index contributed by atoms with van der Waals surface area (Å²) in [4.78, 5) is 0. The summed E-state index contributed by atoms with van der Waals surface area (Å²) in [7, 11) is 0. The maximum absolute atomic E-state index is 5.60. The van der Waals surface area contributed by atoms with Gasteiger partial charge in [0.25, 0.3) is 0 Å². The zero-order valence-electron chi connectivity index (χ0n) is 19.0. The zero-order chi connectivity index (χ0) is 19.9. The average Bonchev–Trinajstić information content (AvgIpc) is 2.74. The highest BCUT2D eigenvalue weighted by Crippen LogP contribution is 2.45. The number of rotatable bonds is 8. The summed E-state index contributed by atoms with van der Waals surface area (Å²) in [5.74, 6) is 6.53. The average molecular weight is 385 g/mol. The molecule has 3 rings (SSSR count). The third-order valence-electron chi connectivity index (χ3n) is 8.32. The molecule has 0 aliphatic heterocycles. The molecule has 0 bridgehead atoms. The van der Waals surface area contributed by atoms with Gasteiger partial charge in [-0.15, -0.1) is 0 Å². The van der Waals surface area contributed by atoms with E-state index in [0.717, 1.165) is 41.9 Å². The molecule has 0 spiro atoms. The molecule has 0 saturated heterocycles. The van der Waals surface area contributed by atoms with Gasteiger partial charge in [0.15, 0.2) is 0 Å². The summed E-state index contributed by atoms with van der Waals surface area (Å²) >= 11 is 0. The second-order valence-corrected chi connectivity index (χ2v) is 9.89. The molecular formula is C27H44O. The van der Waals surface area contributed by atoms with Crippen LogP contribution in [0.5, 0.6) is 5.75 Å². The summed E-state index contributed by atoms with van der Waals surface area (Å²) in [5, 5.41) is 0. The molecule has 1 aromatic rings. The fourth-order valence-electron chi connectivity index (χ4n) is 6.27. The molecule has 2 aliphatic carbocycles. The van der Waals surface area contributed by atoms with E-state index in [-0.39, 0.29) is 0 Å². The molecule has 2 fully saturated rings. The molecule has 2 aliphatic rings. The topological polar surface area (TPSA) is 9.23 Å². The first-order valence-electron chi connectivity index (χ1n) is 12.3. The number of ether oxygens (including phenoxy) is 1. The van der Waals surface area contributed by atoms with E-state index in [0.29, 0.717) is 5.92 Å². The highest BCUT2D eigenvalue weighted by atomic mass is 16.5. The highest BCUT2D eigenvalue weighted by Gasteiger charge is 2.33. The fraction of sp³-hybridized carbons (Fsp3) is 0.778. The van der Waals surface area contributed by atoms with Crippen molar-refractivity contribution >= 4 is 0 Å². The Morgan fingerprint density at radius 2 is 1.32 bits per heavy atom. The lowest BCUT2D eigenvalue weighted by molar-refractivity contribution is 0.118. The van der Waals surface area contributed by atoms with E-state index >= 15 is 0 Å². The molecule has 0 aromatic heterocycles. The Morgan fingerprint density at radius 3 is 1.86 bits per heavy atom. The van der Waals surface area contributed by atoms with Crippen LogP contribution in [0.1, 0.15) is 103 Å². The first kappa shape index (κ1) is 21.7. The van der Waals surface area contributed by atoms with Crippen molar-refractivity contribution in [3.05, 3.63) is 29.8 Å². The Morgan fingerprint density at radius 1 is 0.786 bits per heavy atom. The second-order valence-electron chi connectivity index (χ2n) is 9.89. The van der Waals surface area contributed by atoms with Gasteiger partial charge >= 0.3 is 0 Å². The third-order valence-corrected chi connectivity index (χ3v) is 8.32. The molecule has 1 aromatic carbocycles. The Bertz CT molecular complexity index is 546. The van der Waals surface area contributed by atoms with E-state index in [1.807, 2.05) is 6.92 Å². The predicted octanol–water partition coefficient (Wildman–Crippen LogP) is 8.24. The van der Waals surface area contributed by atoms with Crippen molar-refractivity contribution in [2.24, 2.45) is 29.6 Å². The number of hydrogen-bond acceptors (Lipinski definition) is 1. The fourth-order valence-corrected chi connectivity index (χ4v) is 6.27. The van der Waals surface area contributed by atoms with E-state index < -0.39 is 0 Å². The molecule has 0 amide bonds. The van der Waals surface area contributed by atoms with Crippen molar-refractivity contribution in [1.82, 2.24) is 0 Å². The van der Waals surface area contributed by atoms with Crippen LogP contribution in [0, 0.1) is 29.6 Å². The van der Waals surface area contributed by atoms with Crippen LogP contribution in [-0.4, -0.2) is 6.61 Å². The van der Waals surface area contributed by atoms with Crippen LogP contribution in [0.3, 0.4) is 0 Å². The van der Waals surface area contributed by atoms with Crippen LogP contribution in [0.2, 0.25) is 0 Å². The third kappa shape index (κ3) is 5.55. The summed E-state index contributed by atoms with van der Waals surface area (Å²) in [6.07, 6.45) is 14.6. The zero-order valence-corrected chi connectivity index (χ0v) is 19.0. The molecule has 2 unspecified atom stereocenters. The van der Waals surface area contributed by atoms with Gasteiger partial charge in [-0.1, -0.05) is 58.6 Å². The Balaban J connectivity index is 1.46. The summed E-state index contributed by atoms with van der Waals surface area (Å²) in [6.45, 7) is 10.2. The van der Waals surface area contributed by atoms with Crippen molar-refractivity contribution in [1.29, 1.82) is 0 Å². The lowest BCUT2D eigenvalue weighted by atomic mass is 9.65. The van der Waals surface area contributed by atoms with Gasteiger partial charge in [-0.05, 0) is 98.7 Å². The predicted molar refractivity (Wildman–Crippen MR) is 121 cm³/mol. The van der Waals surface area contributed by atoms with Gasteiger partial charge in [-0.2, -0.15) is 0 Å². The van der Waals surface area contributed by atoms with E-state index in [9.17, 15) is 0 Å². The molecule has 1 heteroatoms. The molecule has 1 nitrogen and oxygen atoms in total. The van der Waals surface area contributed by atoms with Crippen LogP contribution in [0.4, 0.5) is 0 Å². The lowest BCUT2D eigenvalue weighted by Gasteiger charge is -2.40. The molecule has 0 N–H and O–H groups in total. The normalized spacial score (nSPS) is 30.6. The summed E-state index contributed by atoms with van der Waals surface area (Å²) in [5.41, 5.74) is 1.49. The van der Waals surface area contributed by atoms with Gasteiger partial charge in [0.05, 0.1) is 6.61 Å². The van der Waals surface area contributed by atoms with Crippen LogP contribution in [-0.2, 0) is 0 Å². The van der Waals surface area contributed by atoms with Crippen molar-refractivity contribution < 1.29 is 4.74 Å². The first-order chi connectivity index (χ1) is 13.6. The maximum atomic E-state index is 5.60. The van der Waals surface area contributed by atoms with E-state index in [1.165, 1.54) is 69.8 Å². The summed E-state index contributed by atoms with van der Waals surface area (Å²) in [6, 6.07) is 8.88. The number of benzene rings is 1. The number of hydrogen-bond donors (Lipinski definition) is 0. The quantitative estimate of drug-likeness (QED) is 0.438. The van der Waals surface area contributed by atoms with Crippen molar-refractivity contribution in [2.75, 3.05) is 6.61 Å². The minimum atomic E-state index is 0.677. The Labute approximate surface area is 174 Å². The molecular weight excluding hydrogens is 340 g/mol. The van der Waals surface area contributed by atoms with Crippen LogP contribution < -0.4 is 4.74 Å². The molecule has 0 radical (unpaired) electrons. The Hall–Kier alpha value is -0.980. The van der Waals surface area contributed by atoms with Gasteiger partial charge in [0.1, 0.15) is 5.75 Å². The molecule has 2 saturated carbocycles. The van der Waals surface area contributed by atoms with Gasteiger partial charge in [0.2, 0.25) is 0 Å². The first-order valence-corrected chi connectivity index (χ1v) is 12.3. The van der Waals surface area contributed by atoms with E-state index in [1.54, 1.807) is 0 Å². The maximum Gasteiger partial charge on any atom is 0.119 e. The Kier molecular flexibility index (Phi) is 8.30. The van der Waals surface area contributed by atoms with Crippen molar-refractivity contribution in [3.63, 3.8) is 0 Å². The smallest absolute Gasteiger partial charge is 0.119 e. The summed E-state index contributed by atoms with van der Waals surface area (Å²) < 4.78 is 5.60. The van der Waals surface area contributed by atoms with Gasteiger partial charge in [-0.3, -0.25) is 0 Å². The van der Waals surface area contributed by atoms with Crippen LogP contribution in [0.15, 0.2) is 24.3 Å². The van der Waals surface area contributed by atoms with Crippen LogP contribution >= 0.6 is 0 Å². The van der Waals surface area contributed by atoms with Crippen molar-refractivity contribution in [2.45, 2.75) is 97.8 Å². The molecule has 2 atom stereocenters. The van der Waals surface area contributed by atoms with Gasteiger partial charge in [0, 0.05) is 0 Å².